The Morgan fingerprint density at radius 3 is 2.17 bits per heavy atom. The molecule has 3 atom stereocenters. The van der Waals surface area contributed by atoms with Crippen molar-refractivity contribution < 1.29 is 0 Å². The van der Waals surface area contributed by atoms with Gasteiger partial charge in [0.1, 0.15) is 0 Å². The number of benzene rings is 1. The highest BCUT2D eigenvalue weighted by Gasteiger charge is 2.59. The predicted molar refractivity (Wildman–Crippen MR) is 185 cm³/mol. The Labute approximate surface area is 257 Å². The number of hydrogen-bond donors (Lipinski definition) is 0. The summed E-state index contributed by atoms with van der Waals surface area (Å²) >= 11 is 0. The van der Waals surface area contributed by atoms with E-state index in [1.807, 2.05) is 0 Å². The molecular weight excluding hydrogens is 504 g/mol. The van der Waals surface area contributed by atoms with Crippen molar-refractivity contribution in [2.24, 2.45) is 16.2 Å². The van der Waals surface area contributed by atoms with Gasteiger partial charge in [-0.1, -0.05) is 107 Å². The summed E-state index contributed by atoms with van der Waals surface area (Å²) in [6, 6.07) is 2.56. The van der Waals surface area contributed by atoms with E-state index < -0.39 is 0 Å². The summed E-state index contributed by atoms with van der Waals surface area (Å²) in [5, 5.41) is 0. The Bertz CT molecular complexity index is 1590. The number of fused-ring (bicyclic) bond motifs is 3. The molecule has 5 rings (SSSR count). The molecule has 0 heterocycles. The lowest BCUT2D eigenvalue weighted by molar-refractivity contribution is 0.0543. The van der Waals surface area contributed by atoms with Gasteiger partial charge >= 0.3 is 0 Å². The highest BCUT2D eigenvalue weighted by atomic mass is 14.6. The standard InChI is InChI=1S/C42H54/c1-24(2)33-17-15-32(19-33)16-18-34-20-35(25(3)4)36-22-40(12)23-41(13)21-27(7)37(26(5)6)30(10)42(41,14)31(11)39(40)29(9)38(36)28(34)8/h15,17,20,25H,1,5,9-10,16,18-19,21-23H2,2-4,6-8,11-14H3/t40-,41+,42-/m1/s1. The Morgan fingerprint density at radius 1 is 0.929 bits per heavy atom. The zero-order chi connectivity index (χ0) is 31.1. The SMILES string of the molecule is C=C(C)C1=CC=C(CCc2cc(C(C)C)c3c(c2C)C(=C)C2=C(C)[C@@]4(C)C(=C)C(C(=C)C)=C(C)C[C@@]4(C)C[C@@]2(C)C3)C1. The third-order valence-electron chi connectivity index (χ3n) is 12.0. The first-order valence-corrected chi connectivity index (χ1v) is 16.1. The lowest BCUT2D eigenvalue weighted by Crippen LogP contribution is -2.52. The van der Waals surface area contributed by atoms with Gasteiger partial charge in [0.05, 0.1) is 0 Å². The summed E-state index contributed by atoms with van der Waals surface area (Å²) in [7, 11) is 0. The summed E-state index contributed by atoms with van der Waals surface area (Å²) in [5.74, 6) is 0.478. The van der Waals surface area contributed by atoms with Gasteiger partial charge in [0, 0.05) is 5.41 Å². The zero-order valence-electron chi connectivity index (χ0n) is 28.4. The molecular formula is C42H54. The average Bonchev–Trinajstić information content (AvgIpc) is 3.34. The molecule has 4 aliphatic carbocycles. The van der Waals surface area contributed by atoms with Gasteiger partial charge in [0.15, 0.2) is 0 Å². The molecule has 4 aliphatic rings. The third kappa shape index (κ3) is 4.31. The maximum absolute atomic E-state index is 4.94. The molecule has 1 aromatic rings. The molecule has 0 aromatic heterocycles. The van der Waals surface area contributed by atoms with E-state index in [2.05, 4.69) is 101 Å². The van der Waals surface area contributed by atoms with Gasteiger partial charge in [-0.3, -0.25) is 0 Å². The van der Waals surface area contributed by atoms with Crippen LogP contribution in [-0.4, -0.2) is 0 Å². The van der Waals surface area contributed by atoms with Crippen LogP contribution in [0.25, 0.3) is 5.57 Å². The first-order chi connectivity index (χ1) is 19.5. The second-order valence-electron chi connectivity index (χ2n) is 15.4. The van der Waals surface area contributed by atoms with Gasteiger partial charge in [-0.25, -0.2) is 0 Å². The van der Waals surface area contributed by atoms with Crippen LogP contribution in [0.1, 0.15) is 122 Å². The van der Waals surface area contributed by atoms with Gasteiger partial charge in [-0.15, -0.1) is 0 Å². The molecule has 42 heavy (non-hydrogen) atoms. The number of aryl methyl sites for hydroxylation is 1. The maximum Gasteiger partial charge on any atom is 0.0194 e. The molecule has 0 aliphatic heterocycles. The van der Waals surface area contributed by atoms with E-state index in [1.165, 1.54) is 72.4 Å². The molecule has 0 amide bonds. The van der Waals surface area contributed by atoms with Gasteiger partial charge < -0.3 is 0 Å². The minimum absolute atomic E-state index is 0.0561. The molecule has 0 radical (unpaired) electrons. The van der Waals surface area contributed by atoms with E-state index in [4.69, 9.17) is 13.2 Å². The Morgan fingerprint density at radius 2 is 1.60 bits per heavy atom. The second kappa shape index (κ2) is 10.1. The van der Waals surface area contributed by atoms with Crippen LogP contribution < -0.4 is 0 Å². The molecule has 0 fully saturated rings. The van der Waals surface area contributed by atoms with Crippen molar-refractivity contribution >= 4 is 5.57 Å². The Balaban J connectivity index is 1.63. The summed E-state index contributed by atoms with van der Waals surface area (Å²) in [6.07, 6.45) is 11.1. The quantitative estimate of drug-likeness (QED) is 0.326. The largest absolute Gasteiger partial charge is 0.0958 e. The Hall–Kier alpha value is -2.86. The number of allylic oxidation sites excluding steroid dienone is 12. The minimum atomic E-state index is -0.120. The Kier molecular flexibility index (Phi) is 7.36. The highest BCUT2D eigenvalue weighted by molar-refractivity contribution is 5.87. The van der Waals surface area contributed by atoms with Gasteiger partial charge in [0.2, 0.25) is 0 Å². The van der Waals surface area contributed by atoms with E-state index in [1.54, 1.807) is 5.56 Å². The lowest BCUT2D eigenvalue weighted by Gasteiger charge is -2.62. The monoisotopic (exact) mass is 558 g/mol. The van der Waals surface area contributed by atoms with Crippen LogP contribution in [0.2, 0.25) is 0 Å². The lowest BCUT2D eigenvalue weighted by atomic mass is 9.41. The van der Waals surface area contributed by atoms with Crippen molar-refractivity contribution in [2.75, 3.05) is 0 Å². The van der Waals surface area contributed by atoms with Crippen molar-refractivity contribution in [3.05, 3.63) is 123 Å². The van der Waals surface area contributed by atoms with Gasteiger partial charge in [0.25, 0.3) is 0 Å². The van der Waals surface area contributed by atoms with Crippen molar-refractivity contribution in [1.82, 2.24) is 0 Å². The number of rotatable bonds is 6. The summed E-state index contributed by atoms with van der Waals surface area (Å²) in [4.78, 5) is 0. The highest BCUT2D eigenvalue weighted by Crippen LogP contribution is 2.70. The smallest absolute Gasteiger partial charge is 0.0194 e. The fourth-order valence-electron chi connectivity index (χ4n) is 9.80. The van der Waals surface area contributed by atoms with Crippen LogP contribution in [0.15, 0.2) is 94.7 Å². The fraction of sp³-hybridized carbons (Fsp3) is 0.476. The summed E-state index contributed by atoms with van der Waals surface area (Å²) in [5.41, 5.74) is 21.0. The zero-order valence-corrected chi connectivity index (χ0v) is 28.4. The molecule has 0 spiro atoms. The van der Waals surface area contributed by atoms with Crippen LogP contribution in [0.3, 0.4) is 0 Å². The summed E-state index contributed by atoms with van der Waals surface area (Å²) < 4.78 is 0. The molecule has 0 bridgehead atoms. The van der Waals surface area contributed by atoms with Crippen molar-refractivity contribution in [2.45, 2.75) is 114 Å². The molecule has 0 saturated carbocycles. The van der Waals surface area contributed by atoms with Crippen LogP contribution in [-0.2, 0) is 12.8 Å². The fourth-order valence-corrected chi connectivity index (χ4v) is 9.80. The first-order valence-electron chi connectivity index (χ1n) is 16.1. The van der Waals surface area contributed by atoms with Crippen LogP contribution in [0, 0.1) is 23.2 Å². The molecule has 1 aromatic carbocycles. The van der Waals surface area contributed by atoms with Crippen molar-refractivity contribution in [1.29, 1.82) is 0 Å². The van der Waals surface area contributed by atoms with E-state index in [0.717, 1.165) is 44.1 Å². The van der Waals surface area contributed by atoms with Gasteiger partial charge in [-0.05, 0) is 146 Å². The van der Waals surface area contributed by atoms with E-state index >= 15 is 0 Å². The predicted octanol–water partition coefficient (Wildman–Crippen LogP) is 12.0. The minimum Gasteiger partial charge on any atom is -0.0958 e. The normalized spacial score (nSPS) is 28.9. The van der Waals surface area contributed by atoms with Crippen molar-refractivity contribution in [3.63, 3.8) is 0 Å². The van der Waals surface area contributed by atoms with Crippen LogP contribution in [0.5, 0.6) is 0 Å². The third-order valence-corrected chi connectivity index (χ3v) is 12.0. The van der Waals surface area contributed by atoms with Crippen molar-refractivity contribution in [3.8, 4) is 0 Å². The molecule has 0 nitrogen and oxygen atoms in total. The average molecular weight is 559 g/mol. The van der Waals surface area contributed by atoms with Crippen LogP contribution in [0.4, 0.5) is 0 Å². The molecule has 0 unspecified atom stereocenters. The van der Waals surface area contributed by atoms with E-state index in [-0.39, 0.29) is 16.2 Å². The van der Waals surface area contributed by atoms with E-state index in [0.29, 0.717) is 5.92 Å². The maximum atomic E-state index is 4.94. The molecule has 0 heteroatoms. The molecule has 222 valence electrons. The molecule has 0 N–H and O–H groups in total. The van der Waals surface area contributed by atoms with Gasteiger partial charge in [-0.2, -0.15) is 0 Å². The first kappa shape index (κ1) is 30.6. The molecule has 0 saturated heterocycles. The number of hydrogen-bond acceptors (Lipinski definition) is 0. The summed E-state index contributed by atoms with van der Waals surface area (Å²) in [6.45, 7) is 41.9. The second-order valence-corrected chi connectivity index (χ2v) is 15.4. The topological polar surface area (TPSA) is 0 Å². The van der Waals surface area contributed by atoms with Crippen LogP contribution >= 0.6 is 0 Å². The van der Waals surface area contributed by atoms with E-state index in [9.17, 15) is 0 Å².